The summed E-state index contributed by atoms with van der Waals surface area (Å²) < 4.78 is 4.35. The molecule has 0 spiro atoms. The van der Waals surface area contributed by atoms with Crippen molar-refractivity contribution in [3.05, 3.63) is 0 Å². The van der Waals surface area contributed by atoms with Crippen molar-refractivity contribution in [2.24, 2.45) is 0 Å². The van der Waals surface area contributed by atoms with Gasteiger partial charge in [-0.05, 0) is 0 Å². The highest BCUT2D eigenvalue weighted by Crippen LogP contribution is 1.82. The summed E-state index contributed by atoms with van der Waals surface area (Å²) in [4.78, 5) is 15.0. The van der Waals surface area contributed by atoms with Crippen LogP contribution in [0, 0.1) is 0 Å². The van der Waals surface area contributed by atoms with E-state index >= 15 is 0 Å². The van der Waals surface area contributed by atoms with Gasteiger partial charge in [0.2, 0.25) is 0 Å². The number of hydrogen-bond acceptors (Lipinski definition) is 4. The summed E-state index contributed by atoms with van der Waals surface area (Å²) in [7, 11) is 2.99. The maximum absolute atomic E-state index is 10.4. The van der Waals surface area contributed by atoms with Crippen LogP contribution >= 0.6 is 0 Å². The first kappa shape index (κ1) is 8.39. The third kappa shape index (κ3) is 5.26. The lowest BCUT2D eigenvalue weighted by molar-refractivity contribution is -0.142. The van der Waals surface area contributed by atoms with Crippen molar-refractivity contribution in [2.45, 2.75) is 6.42 Å². The molecule has 0 rings (SSSR count). The summed E-state index contributed by atoms with van der Waals surface area (Å²) in [6, 6.07) is 0. The van der Waals surface area contributed by atoms with Crippen LogP contribution in [-0.4, -0.2) is 26.7 Å². The molecule has 0 aliphatic heterocycles. The third-order valence-corrected chi connectivity index (χ3v) is 0.780. The zero-order valence-corrected chi connectivity index (χ0v) is 5.64. The normalized spacial score (nSPS) is 9.11. The Balaban J connectivity index is 2.97. The molecule has 54 valence electrons. The molecule has 0 aliphatic carbocycles. The number of ether oxygens (including phenoxy) is 1. The molecule has 9 heavy (non-hydrogen) atoms. The number of rotatable bonds is 4. The van der Waals surface area contributed by atoms with E-state index < -0.39 is 0 Å². The number of hydroxylamine groups is 1. The molecule has 0 aromatic heterocycles. The lowest BCUT2D eigenvalue weighted by Crippen LogP contribution is -2.12. The van der Waals surface area contributed by atoms with Gasteiger partial charge in [0.1, 0.15) is 0 Å². The number of methoxy groups -OCH3 is 1. The molecule has 0 saturated heterocycles. The molecule has 0 atom stereocenters. The molecule has 0 radical (unpaired) electrons. The maximum atomic E-state index is 10.4. The quantitative estimate of drug-likeness (QED) is 0.325. The van der Waals surface area contributed by atoms with E-state index in [0.717, 1.165) is 0 Å². The predicted octanol–water partition coefficient (Wildman–Crippen LogP) is -0.300. The van der Waals surface area contributed by atoms with Crippen LogP contribution in [0.15, 0.2) is 0 Å². The summed E-state index contributed by atoms with van der Waals surface area (Å²) in [6.45, 7) is 0.350. The van der Waals surface area contributed by atoms with Gasteiger partial charge in [0.25, 0.3) is 0 Å². The fraction of sp³-hybridized carbons (Fsp3) is 0.800. The van der Waals surface area contributed by atoms with Crippen LogP contribution in [0.5, 0.6) is 0 Å². The van der Waals surface area contributed by atoms with Crippen LogP contribution in [0.4, 0.5) is 0 Å². The molecule has 0 aromatic rings. The highest BCUT2D eigenvalue weighted by molar-refractivity contribution is 5.69. The van der Waals surface area contributed by atoms with Crippen molar-refractivity contribution in [3.8, 4) is 0 Å². The van der Waals surface area contributed by atoms with Gasteiger partial charge in [-0.1, -0.05) is 0 Å². The second-order valence-electron chi connectivity index (χ2n) is 1.38. The maximum Gasteiger partial charge on any atom is 0.307 e. The van der Waals surface area contributed by atoms with Gasteiger partial charge in [-0.25, -0.2) is 5.48 Å². The topological polar surface area (TPSA) is 47.6 Å². The second kappa shape index (κ2) is 5.53. The average Bonchev–Trinajstić information content (AvgIpc) is 1.89. The van der Waals surface area contributed by atoms with E-state index in [0.29, 0.717) is 6.61 Å². The first-order chi connectivity index (χ1) is 4.31. The number of hydrogen-bond donors (Lipinski definition) is 1. The molecule has 1 N–H and O–H groups in total. The fourth-order valence-electron chi connectivity index (χ4n) is 0.338. The van der Waals surface area contributed by atoms with E-state index in [1.807, 2.05) is 0 Å². The molecule has 0 saturated carbocycles. The van der Waals surface area contributed by atoms with E-state index in [1.165, 1.54) is 7.11 Å². The Morgan fingerprint density at radius 2 is 2.33 bits per heavy atom. The number of esters is 1. The Kier molecular flexibility index (Phi) is 5.15. The summed E-state index contributed by atoms with van der Waals surface area (Å²) in [5.74, 6) is -0.259. The molecule has 0 fully saturated rings. The molecule has 0 heterocycles. The Hall–Kier alpha value is -0.610. The van der Waals surface area contributed by atoms with Crippen molar-refractivity contribution in [1.29, 1.82) is 0 Å². The number of carbonyl (C=O) groups excluding carboxylic acids is 1. The number of nitrogens with one attached hydrogen (secondary N) is 1. The predicted molar refractivity (Wildman–Crippen MR) is 31.6 cm³/mol. The summed E-state index contributed by atoms with van der Waals surface area (Å²) in [5.41, 5.74) is 2.44. The summed E-state index contributed by atoms with van der Waals surface area (Å²) >= 11 is 0. The van der Waals surface area contributed by atoms with Crippen molar-refractivity contribution in [3.63, 3.8) is 0 Å². The molecule has 0 aromatic carbocycles. The van der Waals surface area contributed by atoms with Gasteiger partial charge in [0.05, 0.1) is 20.1 Å². The Labute approximate surface area is 54.1 Å². The van der Waals surface area contributed by atoms with Crippen LogP contribution in [-0.2, 0) is 14.4 Å². The van der Waals surface area contributed by atoms with E-state index in [9.17, 15) is 4.79 Å². The number of carbonyl (C=O) groups is 1. The molecule has 0 bridgehead atoms. The minimum absolute atomic E-state index is 0.259. The Morgan fingerprint density at radius 1 is 1.67 bits per heavy atom. The van der Waals surface area contributed by atoms with Crippen LogP contribution < -0.4 is 5.48 Å². The smallest absolute Gasteiger partial charge is 0.307 e. The van der Waals surface area contributed by atoms with Crippen LogP contribution in [0.25, 0.3) is 0 Å². The Morgan fingerprint density at radius 3 is 2.78 bits per heavy atom. The Bertz CT molecular complexity index is 84.3. The van der Waals surface area contributed by atoms with E-state index in [1.54, 1.807) is 7.05 Å². The highest BCUT2D eigenvalue weighted by Gasteiger charge is 1.97. The molecular formula is C5H11NO3. The second-order valence-corrected chi connectivity index (χ2v) is 1.38. The third-order valence-electron chi connectivity index (χ3n) is 0.780. The molecule has 4 nitrogen and oxygen atoms in total. The molecule has 0 aliphatic rings. The van der Waals surface area contributed by atoms with Gasteiger partial charge in [0, 0.05) is 7.05 Å². The van der Waals surface area contributed by atoms with Crippen molar-refractivity contribution < 1.29 is 14.4 Å². The van der Waals surface area contributed by atoms with Crippen molar-refractivity contribution in [2.75, 3.05) is 20.8 Å². The molecular weight excluding hydrogens is 122 g/mol. The SMILES string of the molecule is CNOCCC(=O)OC. The largest absolute Gasteiger partial charge is 0.469 e. The standard InChI is InChI=1S/C5H11NO3/c1-6-9-4-3-5(7)8-2/h6H,3-4H2,1-2H3. The van der Waals surface area contributed by atoms with E-state index in [2.05, 4.69) is 15.1 Å². The van der Waals surface area contributed by atoms with Gasteiger partial charge in [-0.2, -0.15) is 0 Å². The van der Waals surface area contributed by atoms with Crippen molar-refractivity contribution in [1.82, 2.24) is 5.48 Å². The van der Waals surface area contributed by atoms with Crippen LogP contribution in [0.2, 0.25) is 0 Å². The molecule has 4 heteroatoms. The van der Waals surface area contributed by atoms with E-state index in [-0.39, 0.29) is 12.4 Å². The lowest BCUT2D eigenvalue weighted by Gasteiger charge is -1.98. The highest BCUT2D eigenvalue weighted by atomic mass is 16.6. The summed E-state index contributed by atoms with van der Waals surface area (Å²) in [6.07, 6.45) is 0.289. The fourth-order valence-corrected chi connectivity index (χ4v) is 0.338. The minimum atomic E-state index is -0.259. The minimum Gasteiger partial charge on any atom is -0.469 e. The van der Waals surface area contributed by atoms with E-state index in [4.69, 9.17) is 0 Å². The first-order valence-corrected chi connectivity index (χ1v) is 2.66. The summed E-state index contributed by atoms with van der Waals surface area (Å²) in [5, 5.41) is 0. The van der Waals surface area contributed by atoms with Gasteiger partial charge in [-0.3, -0.25) is 4.79 Å². The molecule has 0 amide bonds. The van der Waals surface area contributed by atoms with Gasteiger partial charge < -0.3 is 9.57 Å². The van der Waals surface area contributed by atoms with Gasteiger partial charge >= 0.3 is 5.97 Å². The zero-order valence-electron chi connectivity index (χ0n) is 5.64. The van der Waals surface area contributed by atoms with Gasteiger partial charge in [-0.15, -0.1) is 0 Å². The van der Waals surface area contributed by atoms with Crippen LogP contribution in [0.1, 0.15) is 6.42 Å². The first-order valence-electron chi connectivity index (χ1n) is 2.66. The monoisotopic (exact) mass is 133 g/mol. The van der Waals surface area contributed by atoms with Crippen molar-refractivity contribution >= 4 is 5.97 Å². The lowest BCUT2D eigenvalue weighted by atomic mass is 10.5. The molecule has 0 unspecified atom stereocenters. The van der Waals surface area contributed by atoms with Crippen LogP contribution in [0.3, 0.4) is 0 Å². The average molecular weight is 133 g/mol. The zero-order chi connectivity index (χ0) is 7.11. The van der Waals surface area contributed by atoms with Gasteiger partial charge in [0.15, 0.2) is 0 Å².